The molecule has 1 aliphatic rings. The summed E-state index contributed by atoms with van der Waals surface area (Å²) in [6.07, 6.45) is 2.30. The van der Waals surface area contributed by atoms with Crippen molar-refractivity contribution >= 4 is 5.69 Å². The molecule has 0 spiro atoms. The molecule has 1 aromatic rings. The summed E-state index contributed by atoms with van der Waals surface area (Å²) < 4.78 is 0. The molecule has 0 radical (unpaired) electrons. The van der Waals surface area contributed by atoms with Crippen molar-refractivity contribution in [2.24, 2.45) is 0 Å². The first kappa shape index (κ1) is 11.0. The molecule has 0 aromatic heterocycles. The van der Waals surface area contributed by atoms with Crippen LogP contribution in [0.5, 0.6) is 0 Å². The summed E-state index contributed by atoms with van der Waals surface area (Å²) >= 11 is 0. The van der Waals surface area contributed by atoms with E-state index in [0.717, 1.165) is 42.7 Å². The second kappa shape index (κ2) is 5.00. The van der Waals surface area contributed by atoms with Crippen molar-refractivity contribution < 1.29 is 0 Å². The Bertz CT molecular complexity index is 400. The minimum absolute atomic E-state index is 0.537. The molecule has 0 atom stereocenters. The molecule has 3 nitrogen and oxygen atoms in total. The van der Waals surface area contributed by atoms with Gasteiger partial charge in [-0.1, -0.05) is 6.07 Å². The number of anilines is 1. The minimum Gasteiger partial charge on any atom is -0.382 e. The maximum atomic E-state index is 8.96. The molecule has 1 aromatic carbocycles. The van der Waals surface area contributed by atoms with E-state index in [1.54, 1.807) is 0 Å². The summed E-state index contributed by atoms with van der Waals surface area (Å²) in [6.45, 7) is 4.12. The largest absolute Gasteiger partial charge is 0.382 e. The fourth-order valence-corrected chi connectivity index (χ4v) is 2.03. The molecule has 16 heavy (non-hydrogen) atoms. The van der Waals surface area contributed by atoms with Crippen LogP contribution in [0.4, 0.5) is 5.69 Å². The van der Waals surface area contributed by atoms with Crippen LogP contribution in [0.15, 0.2) is 18.2 Å². The van der Waals surface area contributed by atoms with Crippen molar-refractivity contribution in [3.63, 3.8) is 0 Å². The number of nitriles is 1. The van der Waals surface area contributed by atoms with Gasteiger partial charge in [-0.3, -0.25) is 0 Å². The molecule has 1 heterocycles. The number of nitrogens with zero attached hydrogens (tertiary/aromatic N) is 1. The van der Waals surface area contributed by atoms with Crippen LogP contribution in [0.1, 0.15) is 24.0 Å². The van der Waals surface area contributed by atoms with Crippen LogP contribution in [-0.4, -0.2) is 19.1 Å². The number of hydrogen-bond donors (Lipinski definition) is 2. The molecular weight excluding hydrogens is 198 g/mol. The maximum absolute atomic E-state index is 8.96. The van der Waals surface area contributed by atoms with E-state index in [1.165, 1.54) is 0 Å². The van der Waals surface area contributed by atoms with Gasteiger partial charge in [0.2, 0.25) is 0 Å². The zero-order valence-corrected chi connectivity index (χ0v) is 9.59. The third-order valence-electron chi connectivity index (χ3n) is 3.07. The van der Waals surface area contributed by atoms with Crippen molar-refractivity contribution in [3.05, 3.63) is 29.3 Å². The molecule has 0 saturated carbocycles. The van der Waals surface area contributed by atoms with E-state index >= 15 is 0 Å². The first-order valence-corrected chi connectivity index (χ1v) is 5.77. The maximum Gasteiger partial charge on any atom is 0.0995 e. The third kappa shape index (κ3) is 2.53. The number of aryl methyl sites for hydroxylation is 1. The molecular formula is C13H17N3. The second-order valence-corrected chi connectivity index (χ2v) is 4.31. The van der Waals surface area contributed by atoms with Gasteiger partial charge in [-0.25, -0.2) is 0 Å². The van der Waals surface area contributed by atoms with Crippen molar-refractivity contribution in [2.75, 3.05) is 18.4 Å². The lowest BCUT2D eigenvalue weighted by Gasteiger charge is -2.24. The number of piperidine rings is 1. The van der Waals surface area contributed by atoms with E-state index < -0.39 is 0 Å². The molecule has 1 saturated heterocycles. The summed E-state index contributed by atoms with van der Waals surface area (Å²) in [5.41, 5.74) is 2.87. The lowest BCUT2D eigenvalue weighted by atomic mass is 10.0. The Labute approximate surface area is 96.5 Å². The van der Waals surface area contributed by atoms with Gasteiger partial charge >= 0.3 is 0 Å². The van der Waals surface area contributed by atoms with Crippen molar-refractivity contribution in [3.8, 4) is 6.07 Å². The van der Waals surface area contributed by atoms with E-state index in [4.69, 9.17) is 5.26 Å². The first-order chi connectivity index (χ1) is 7.79. The van der Waals surface area contributed by atoms with Crippen LogP contribution in [0.3, 0.4) is 0 Å². The lowest BCUT2D eigenvalue weighted by Crippen LogP contribution is -2.35. The highest BCUT2D eigenvalue weighted by atomic mass is 15.0. The van der Waals surface area contributed by atoms with Crippen LogP contribution in [0, 0.1) is 18.3 Å². The molecule has 84 valence electrons. The molecule has 2 N–H and O–H groups in total. The Morgan fingerprint density at radius 2 is 2.12 bits per heavy atom. The van der Waals surface area contributed by atoms with Gasteiger partial charge < -0.3 is 10.6 Å². The molecule has 1 aliphatic heterocycles. The third-order valence-corrected chi connectivity index (χ3v) is 3.07. The SMILES string of the molecule is Cc1ccc(NC2CCNCC2)cc1C#N. The molecule has 2 rings (SSSR count). The van der Waals surface area contributed by atoms with Crippen LogP contribution in [0.25, 0.3) is 0 Å². The highest BCUT2D eigenvalue weighted by Gasteiger charge is 2.12. The summed E-state index contributed by atoms with van der Waals surface area (Å²) in [7, 11) is 0. The molecule has 0 aliphatic carbocycles. The average Bonchev–Trinajstić information content (AvgIpc) is 2.33. The molecule has 3 heteroatoms. The summed E-state index contributed by atoms with van der Waals surface area (Å²) in [5.74, 6) is 0. The number of hydrogen-bond acceptors (Lipinski definition) is 3. The summed E-state index contributed by atoms with van der Waals surface area (Å²) in [6, 6.07) is 8.76. The Kier molecular flexibility index (Phi) is 3.43. The van der Waals surface area contributed by atoms with Crippen molar-refractivity contribution in [2.45, 2.75) is 25.8 Å². The van der Waals surface area contributed by atoms with E-state index in [9.17, 15) is 0 Å². The highest BCUT2D eigenvalue weighted by molar-refractivity contribution is 5.53. The summed E-state index contributed by atoms with van der Waals surface area (Å²) in [5, 5.41) is 15.8. The average molecular weight is 215 g/mol. The monoisotopic (exact) mass is 215 g/mol. The van der Waals surface area contributed by atoms with E-state index in [1.807, 2.05) is 19.1 Å². The van der Waals surface area contributed by atoms with Gasteiger partial charge in [0.25, 0.3) is 0 Å². The van der Waals surface area contributed by atoms with Gasteiger partial charge in [0.1, 0.15) is 0 Å². The number of nitrogens with one attached hydrogen (secondary N) is 2. The smallest absolute Gasteiger partial charge is 0.0995 e. The second-order valence-electron chi connectivity index (χ2n) is 4.31. The molecule has 0 bridgehead atoms. The molecule has 0 amide bonds. The van der Waals surface area contributed by atoms with Crippen LogP contribution in [-0.2, 0) is 0 Å². The van der Waals surface area contributed by atoms with Crippen molar-refractivity contribution in [1.29, 1.82) is 5.26 Å². The van der Waals surface area contributed by atoms with Gasteiger partial charge in [0.15, 0.2) is 0 Å². The number of benzene rings is 1. The van der Waals surface area contributed by atoms with Crippen LogP contribution < -0.4 is 10.6 Å². The van der Waals surface area contributed by atoms with Gasteiger partial charge in [0.05, 0.1) is 11.6 Å². The predicted octanol–water partition coefficient (Wildman–Crippen LogP) is 2.03. The van der Waals surface area contributed by atoms with Gasteiger partial charge in [-0.05, 0) is 50.6 Å². The Morgan fingerprint density at radius 3 is 2.81 bits per heavy atom. The Balaban J connectivity index is 2.06. The quantitative estimate of drug-likeness (QED) is 0.793. The van der Waals surface area contributed by atoms with Gasteiger partial charge in [0, 0.05) is 11.7 Å². The fourth-order valence-electron chi connectivity index (χ4n) is 2.03. The zero-order valence-electron chi connectivity index (χ0n) is 9.59. The van der Waals surface area contributed by atoms with Crippen LogP contribution in [0.2, 0.25) is 0 Å². The predicted molar refractivity (Wildman–Crippen MR) is 65.4 cm³/mol. The topological polar surface area (TPSA) is 47.8 Å². The lowest BCUT2D eigenvalue weighted by molar-refractivity contribution is 0.479. The Hall–Kier alpha value is -1.53. The summed E-state index contributed by atoms with van der Waals surface area (Å²) in [4.78, 5) is 0. The fraction of sp³-hybridized carbons (Fsp3) is 0.462. The normalized spacial score (nSPS) is 16.8. The van der Waals surface area contributed by atoms with Gasteiger partial charge in [-0.15, -0.1) is 0 Å². The Morgan fingerprint density at radius 1 is 1.38 bits per heavy atom. The van der Waals surface area contributed by atoms with E-state index in [0.29, 0.717) is 6.04 Å². The molecule has 0 unspecified atom stereocenters. The molecule has 1 fully saturated rings. The van der Waals surface area contributed by atoms with Crippen molar-refractivity contribution in [1.82, 2.24) is 5.32 Å². The van der Waals surface area contributed by atoms with E-state index in [-0.39, 0.29) is 0 Å². The minimum atomic E-state index is 0.537. The van der Waals surface area contributed by atoms with E-state index in [2.05, 4.69) is 22.8 Å². The van der Waals surface area contributed by atoms with Crippen LogP contribution >= 0.6 is 0 Å². The first-order valence-electron chi connectivity index (χ1n) is 5.77. The number of rotatable bonds is 2. The standard InChI is InChI=1S/C13H17N3/c1-10-2-3-13(8-11(10)9-14)16-12-4-6-15-7-5-12/h2-3,8,12,15-16H,4-7H2,1H3. The zero-order chi connectivity index (χ0) is 11.4. The van der Waals surface area contributed by atoms with Gasteiger partial charge in [-0.2, -0.15) is 5.26 Å². The highest BCUT2D eigenvalue weighted by Crippen LogP contribution is 2.17.